The Bertz CT molecular complexity index is 1150. The molecule has 4 unspecified atom stereocenters. The van der Waals surface area contributed by atoms with Gasteiger partial charge in [0.2, 0.25) is 0 Å². The number of hydrogen-bond donors (Lipinski definition) is 1. The number of aliphatic hydroxyl groups is 1. The summed E-state index contributed by atoms with van der Waals surface area (Å²) in [6.07, 6.45) is 2.86. The lowest BCUT2D eigenvalue weighted by molar-refractivity contribution is -0.0562. The molecule has 5 atom stereocenters. The maximum Gasteiger partial charge on any atom is 0.119 e. The van der Waals surface area contributed by atoms with Gasteiger partial charge in [-0.3, -0.25) is 4.90 Å². The SMILES string of the molecule is CCC1CN2CCC1CC2[C@H](O)c1cc(-c2ccc(Cl)cc2Cl)nc2ccc(OC)cc12. The molecule has 3 aliphatic heterocycles. The summed E-state index contributed by atoms with van der Waals surface area (Å²) in [5.74, 6) is 2.18. The zero-order valence-corrected chi connectivity index (χ0v) is 19.9. The first-order chi connectivity index (χ1) is 15.5. The Morgan fingerprint density at radius 1 is 1.19 bits per heavy atom. The van der Waals surface area contributed by atoms with E-state index in [-0.39, 0.29) is 6.04 Å². The van der Waals surface area contributed by atoms with Gasteiger partial charge in [0.15, 0.2) is 0 Å². The quantitative estimate of drug-likeness (QED) is 0.470. The first-order valence-electron chi connectivity index (χ1n) is 11.3. The monoisotopic (exact) mass is 470 g/mol. The van der Waals surface area contributed by atoms with Crippen LogP contribution in [-0.2, 0) is 0 Å². The minimum absolute atomic E-state index is 0.113. The van der Waals surface area contributed by atoms with Gasteiger partial charge in [0.05, 0.1) is 29.4 Å². The number of piperidine rings is 3. The van der Waals surface area contributed by atoms with E-state index < -0.39 is 6.10 Å². The fraction of sp³-hybridized carbons (Fsp3) is 0.423. The third kappa shape index (κ3) is 3.88. The summed E-state index contributed by atoms with van der Waals surface area (Å²) in [5.41, 5.74) is 3.23. The Labute approximate surface area is 199 Å². The first kappa shape index (κ1) is 22.0. The molecule has 0 amide bonds. The third-order valence-corrected chi connectivity index (χ3v) is 7.95. The van der Waals surface area contributed by atoms with E-state index in [1.807, 2.05) is 36.4 Å². The highest BCUT2D eigenvalue weighted by Crippen LogP contribution is 2.44. The number of ether oxygens (including phenoxy) is 1. The Morgan fingerprint density at radius 2 is 2.03 bits per heavy atom. The lowest BCUT2D eigenvalue weighted by Crippen LogP contribution is -2.55. The van der Waals surface area contributed by atoms with Crippen LogP contribution in [0.4, 0.5) is 0 Å². The van der Waals surface area contributed by atoms with E-state index >= 15 is 0 Å². The van der Waals surface area contributed by atoms with Crippen molar-refractivity contribution in [1.82, 2.24) is 9.88 Å². The lowest BCUT2D eigenvalue weighted by Gasteiger charge is -2.51. The van der Waals surface area contributed by atoms with Crippen LogP contribution >= 0.6 is 23.2 Å². The normalized spacial score (nSPS) is 25.8. The van der Waals surface area contributed by atoms with Gasteiger partial charge in [0, 0.05) is 28.6 Å². The summed E-state index contributed by atoms with van der Waals surface area (Å²) in [6.45, 7) is 4.42. The number of methoxy groups -OCH3 is 1. The minimum atomic E-state index is -0.613. The number of pyridine rings is 1. The average molecular weight is 471 g/mol. The van der Waals surface area contributed by atoms with Gasteiger partial charge in [0.1, 0.15) is 5.75 Å². The summed E-state index contributed by atoms with van der Waals surface area (Å²) >= 11 is 12.6. The second-order valence-corrected chi connectivity index (χ2v) is 9.91. The smallest absolute Gasteiger partial charge is 0.119 e. The number of nitrogens with zero attached hydrogens (tertiary/aromatic N) is 2. The average Bonchev–Trinajstić information content (AvgIpc) is 2.82. The molecule has 2 aromatic carbocycles. The molecule has 0 spiro atoms. The van der Waals surface area contributed by atoms with Gasteiger partial charge in [-0.2, -0.15) is 0 Å². The van der Waals surface area contributed by atoms with Crippen molar-refractivity contribution in [3.05, 3.63) is 58.1 Å². The van der Waals surface area contributed by atoms with E-state index in [0.717, 1.165) is 58.9 Å². The second kappa shape index (κ2) is 8.83. The molecular formula is C26H28Cl2N2O2. The van der Waals surface area contributed by atoms with Crippen molar-refractivity contribution in [3.63, 3.8) is 0 Å². The summed E-state index contributed by atoms with van der Waals surface area (Å²) in [6, 6.07) is 13.3. The molecule has 168 valence electrons. The molecule has 3 fully saturated rings. The zero-order chi connectivity index (χ0) is 22.4. The second-order valence-electron chi connectivity index (χ2n) is 9.06. The van der Waals surface area contributed by atoms with Crippen molar-refractivity contribution in [2.24, 2.45) is 11.8 Å². The molecule has 0 radical (unpaired) electrons. The summed E-state index contributed by atoms with van der Waals surface area (Å²) in [4.78, 5) is 7.35. The van der Waals surface area contributed by atoms with E-state index in [0.29, 0.717) is 16.0 Å². The topological polar surface area (TPSA) is 45.6 Å². The van der Waals surface area contributed by atoms with E-state index in [1.54, 1.807) is 13.2 Å². The van der Waals surface area contributed by atoms with Crippen LogP contribution in [0.3, 0.4) is 0 Å². The van der Waals surface area contributed by atoms with Gasteiger partial charge in [-0.05, 0) is 79.3 Å². The molecule has 6 heteroatoms. The predicted octanol–water partition coefficient (Wildman–Crippen LogP) is 6.37. The zero-order valence-electron chi connectivity index (χ0n) is 18.4. The maximum absolute atomic E-state index is 11.7. The van der Waals surface area contributed by atoms with Crippen LogP contribution in [-0.4, -0.2) is 41.2 Å². The Kier molecular flexibility index (Phi) is 6.06. The highest BCUT2D eigenvalue weighted by atomic mass is 35.5. The van der Waals surface area contributed by atoms with Gasteiger partial charge in [0.25, 0.3) is 0 Å². The number of rotatable bonds is 5. The molecule has 32 heavy (non-hydrogen) atoms. The summed E-state index contributed by atoms with van der Waals surface area (Å²) in [7, 11) is 1.66. The number of hydrogen-bond acceptors (Lipinski definition) is 4. The number of halogens is 2. The van der Waals surface area contributed by atoms with Crippen molar-refractivity contribution >= 4 is 34.1 Å². The fourth-order valence-corrected chi connectivity index (χ4v) is 6.12. The van der Waals surface area contributed by atoms with Gasteiger partial charge in [-0.15, -0.1) is 0 Å². The van der Waals surface area contributed by atoms with Crippen LogP contribution in [0.15, 0.2) is 42.5 Å². The van der Waals surface area contributed by atoms with Crippen LogP contribution in [0.25, 0.3) is 22.2 Å². The number of aromatic nitrogens is 1. The first-order valence-corrected chi connectivity index (χ1v) is 12.1. The predicted molar refractivity (Wildman–Crippen MR) is 131 cm³/mol. The third-order valence-electron chi connectivity index (χ3n) is 7.40. The lowest BCUT2D eigenvalue weighted by atomic mass is 9.72. The molecule has 6 rings (SSSR count). The van der Waals surface area contributed by atoms with Gasteiger partial charge in [-0.1, -0.05) is 36.5 Å². The van der Waals surface area contributed by atoms with E-state index in [9.17, 15) is 5.11 Å². The van der Waals surface area contributed by atoms with Crippen LogP contribution in [0.1, 0.15) is 37.9 Å². The molecular weight excluding hydrogens is 443 g/mol. The number of fused-ring (bicyclic) bond motifs is 4. The van der Waals surface area contributed by atoms with Gasteiger partial charge in [-0.25, -0.2) is 4.98 Å². The van der Waals surface area contributed by atoms with Crippen molar-refractivity contribution in [2.45, 2.75) is 38.3 Å². The maximum atomic E-state index is 11.7. The number of aliphatic hydroxyl groups excluding tert-OH is 1. The molecule has 3 saturated heterocycles. The van der Waals surface area contributed by atoms with E-state index in [2.05, 4.69) is 11.8 Å². The van der Waals surface area contributed by atoms with Crippen LogP contribution in [0.2, 0.25) is 10.0 Å². The Balaban J connectivity index is 1.61. The highest BCUT2D eigenvalue weighted by Gasteiger charge is 2.42. The molecule has 1 aromatic heterocycles. The molecule has 4 heterocycles. The van der Waals surface area contributed by atoms with Crippen molar-refractivity contribution < 1.29 is 9.84 Å². The molecule has 3 aromatic rings. The van der Waals surface area contributed by atoms with Gasteiger partial charge >= 0.3 is 0 Å². The van der Waals surface area contributed by atoms with E-state index in [4.69, 9.17) is 32.9 Å². The van der Waals surface area contributed by atoms with Crippen molar-refractivity contribution in [3.8, 4) is 17.0 Å². The molecule has 0 saturated carbocycles. The van der Waals surface area contributed by atoms with Gasteiger partial charge < -0.3 is 9.84 Å². The minimum Gasteiger partial charge on any atom is -0.497 e. The van der Waals surface area contributed by atoms with E-state index in [1.165, 1.54) is 12.8 Å². The van der Waals surface area contributed by atoms with Crippen molar-refractivity contribution in [1.29, 1.82) is 0 Å². The molecule has 4 nitrogen and oxygen atoms in total. The Morgan fingerprint density at radius 3 is 2.72 bits per heavy atom. The summed E-state index contributed by atoms with van der Waals surface area (Å²) < 4.78 is 5.47. The van der Waals surface area contributed by atoms with Crippen LogP contribution < -0.4 is 4.74 Å². The molecule has 3 aliphatic rings. The molecule has 1 N–H and O–H groups in total. The van der Waals surface area contributed by atoms with Crippen molar-refractivity contribution in [2.75, 3.05) is 20.2 Å². The van der Waals surface area contributed by atoms with Crippen LogP contribution in [0.5, 0.6) is 5.75 Å². The fourth-order valence-electron chi connectivity index (χ4n) is 5.62. The highest BCUT2D eigenvalue weighted by molar-refractivity contribution is 6.36. The largest absolute Gasteiger partial charge is 0.497 e. The number of benzene rings is 2. The molecule has 0 aliphatic carbocycles. The molecule has 2 bridgehead atoms. The Hall–Kier alpha value is -1.85. The van der Waals surface area contributed by atoms with Crippen LogP contribution in [0, 0.1) is 11.8 Å². The standard InChI is InChI=1S/C26H28Cl2N2O2/c1-3-15-14-30-9-8-16(15)10-25(30)26(31)21-13-24(19-6-4-17(27)11-22(19)28)29-23-7-5-18(32-2)12-20(21)23/h4-7,11-13,15-16,25-26,31H,3,8-10,14H2,1-2H3/t15?,16?,25?,26-/m1/s1. The summed E-state index contributed by atoms with van der Waals surface area (Å²) in [5, 5.41) is 13.8.